The molecule has 0 bridgehead atoms. The number of ether oxygens (including phenoxy) is 2. The first-order valence-corrected chi connectivity index (χ1v) is 7.55. The monoisotopic (exact) mass is 299 g/mol. The number of carbonyl (C=O) groups excluding carboxylic acids is 2. The van der Waals surface area contributed by atoms with Gasteiger partial charge in [-0.3, -0.25) is 9.59 Å². The molecule has 0 aromatic heterocycles. The maximum Gasteiger partial charge on any atom is 0.247 e. The number of hydrogen-bond acceptors (Lipinski definition) is 5. The van der Waals surface area contributed by atoms with Crippen LogP contribution in [0, 0.1) is 0 Å². The van der Waals surface area contributed by atoms with Gasteiger partial charge in [-0.25, -0.2) is 0 Å². The first-order chi connectivity index (χ1) is 10.0. The molecule has 2 aliphatic rings. The summed E-state index contributed by atoms with van der Waals surface area (Å²) >= 11 is 0. The van der Waals surface area contributed by atoms with E-state index in [1.54, 1.807) is 9.80 Å². The second-order valence-electron chi connectivity index (χ2n) is 5.76. The van der Waals surface area contributed by atoms with Gasteiger partial charge in [-0.2, -0.15) is 0 Å². The first-order valence-electron chi connectivity index (χ1n) is 7.55. The number of morpholine rings is 1. The highest BCUT2D eigenvalue weighted by molar-refractivity contribution is 5.91. The highest BCUT2D eigenvalue weighted by atomic mass is 16.5. The number of amides is 2. The molecule has 2 heterocycles. The molecule has 2 saturated heterocycles. The summed E-state index contributed by atoms with van der Waals surface area (Å²) in [6, 6.07) is -1.07. The Bertz CT molecular complexity index is 382. The van der Waals surface area contributed by atoms with Gasteiger partial charge in [-0.15, -0.1) is 0 Å². The number of nitrogens with zero attached hydrogens (tertiary/aromatic N) is 2. The molecule has 7 heteroatoms. The van der Waals surface area contributed by atoms with Crippen molar-refractivity contribution in [3.63, 3.8) is 0 Å². The molecule has 21 heavy (non-hydrogen) atoms. The van der Waals surface area contributed by atoms with E-state index in [4.69, 9.17) is 15.2 Å². The molecule has 2 aliphatic heterocycles. The van der Waals surface area contributed by atoms with Crippen LogP contribution in [-0.4, -0.2) is 79.3 Å². The van der Waals surface area contributed by atoms with Gasteiger partial charge in [0.15, 0.2) is 0 Å². The lowest BCUT2D eigenvalue weighted by Crippen LogP contribution is -2.55. The lowest BCUT2D eigenvalue weighted by atomic mass is 10.2. The molecule has 2 N–H and O–H groups in total. The molecule has 0 spiro atoms. The Hall–Kier alpha value is -1.18. The van der Waals surface area contributed by atoms with Crippen LogP contribution in [0.1, 0.15) is 20.3 Å². The Balaban J connectivity index is 2.07. The minimum absolute atomic E-state index is 0.0105. The summed E-state index contributed by atoms with van der Waals surface area (Å²) in [4.78, 5) is 28.2. The molecule has 120 valence electrons. The maximum absolute atomic E-state index is 12.7. The zero-order valence-electron chi connectivity index (χ0n) is 12.8. The van der Waals surface area contributed by atoms with Crippen LogP contribution < -0.4 is 5.73 Å². The molecule has 7 nitrogen and oxygen atoms in total. The topological polar surface area (TPSA) is 85.1 Å². The highest BCUT2D eigenvalue weighted by Gasteiger charge is 2.39. The van der Waals surface area contributed by atoms with Gasteiger partial charge in [0.05, 0.1) is 32.0 Å². The molecular formula is C14H25N3O4. The first kappa shape index (κ1) is 16.2. The van der Waals surface area contributed by atoms with Gasteiger partial charge in [0.1, 0.15) is 6.04 Å². The van der Waals surface area contributed by atoms with Gasteiger partial charge in [-0.1, -0.05) is 0 Å². The fraction of sp³-hybridized carbons (Fsp3) is 0.857. The van der Waals surface area contributed by atoms with Crippen LogP contribution in [-0.2, 0) is 19.1 Å². The number of carbonyl (C=O) groups is 2. The summed E-state index contributed by atoms with van der Waals surface area (Å²) in [5, 5.41) is 0. The molecule has 2 amide bonds. The van der Waals surface area contributed by atoms with Crippen LogP contribution in [0.5, 0.6) is 0 Å². The quantitative estimate of drug-likeness (QED) is 0.718. The Morgan fingerprint density at radius 2 is 2.05 bits per heavy atom. The molecule has 2 atom stereocenters. The molecule has 0 aromatic rings. The molecule has 0 radical (unpaired) electrons. The second kappa shape index (κ2) is 7.20. The summed E-state index contributed by atoms with van der Waals surface area (Å²) in [5.41, 5.74) is 5.76. The number of likely N-dealkylation sites (tertiary alicyclic amines) is 1. The van der Waals surface area contributed by atoms with Crippen LogP contribution in [0.25, 0.3) is 0 Å². The van der Waals surface area contributed by atoms with Crippen molar-refractivity contribution in [1.82, 2.24) is 9.80 Å². The van der Waals surface area contributed by atoms with Crippen LogP contribution in [0.15, 0.2) is 0 Å². The average Bonchev–Trinajstić information content (AvgIpc) is 2.80. The minimum Gasteiger partial charge on any atom is -0.378 e. The normalized spacial score (nSPS) is 24.8. The third kappa shape index (κ3) is 3.93. The van der Waals surface area contributed by atoms with Crippen molar-refractivity contribution < 1.29 is 19.1 Å². The van der Waals surface area contributed by atoms with Gasteiger partial charge < -0.3 is 25.0 Å². The fourth-order valence-corrected chi connectivity index (χ4v) is 2.61. The fourth-order valence-electron chi connectivity index (χ4n) is 2.61. The van der Waals surface area contributed by atoms with Crippen molar-refractivity contribution in [2.75, 3.05) is 39.5 Å². The molecular weight excluding hydrogens is 274 g/mol. The third-order valence-corrected chi connectivity index (χ3v) is 3.85. The lowest BCUT2D eigenvalue weighted by Gasteiger charge is -2.34. The summed E-state index contributed by atoms with van der Waals surface area (Å²) in [6.07, 6.45) is 0.601. The van der Waals surface area contributed by atoms with E-state index in [-0.39, 0.29) is 24.5 Å². The predicted octanol–water partition coefficient (Wildman–Crippen LogP) is -0.802. The molecule has 0 aliphatic carbocycles. The van der Waals surface area contributed by atoms with Crippen molar-refractivity contribution in [3.05, 3.63) is 0 Å². The SMILES string of the molecule is CC(C)OC[C@@H](C(=O)N1CCOCC1)N1CC[C@H](N)C1=O. The smallest absolute Gasteiger partial charge is 0.247 e. The molecule has 2 fully saturated rings. The largest absolute Gasteiger partial charge is 0.378 e. The minimum atomic E-state index is -0.577. The van der Waals surface area contributed by atoms with E-state index < -0.39 is 12.1 Å². The van der Waals surface area contributed by atoms with Gasteiger partial charge in [0, 0.05) is 19.6 Å². The molecule has 0 saturated carbocycles. The van der Waals surface area contributed by atoms with Crippen LogP contribution in [0.2, 0.25) is 0 Å². The maximum atomic E-state index is 12.7. The molecule has 0 unspecified atom stereocenters. The zero-order valence-corrected chi connectivity index (χ0v) is 12.8. The second-order valence-corrected chi connectivity index (χ2v) is 5.76. The third-order valence-electron chi connectivity index (χ3n) is 3.85. The van der Waals surface area contributed by atoms with Crippen molar-refractivity contribution in [2.45, 2.75) is 38.5 Å². The van der Waals surface area contributed by atoms with E-state index in [2.05, 4.69) is 0 Å². The van der Waals surface area contributed by atoms with Crippen molar-refractivity contribution in [1.29, 1.82) is 0 Å². The number of hydrogen-bond donors (Lipinski definition) is 1. The number of nitrogens with two attached hydrogens (primary N) is 1. The Kier molecular flexibility index (Phi) is 5.55. The summed E-state index contributed by atoms with van der Waals surface area (Å²) < 4.78 is 10.9. The number of rotatable bonds is 5. The van der Waals surface area contributed by atoms with Crippen LogP contribution in [0.4, 0.5) is 0 Å². The van der Waals surface area contributed by atoms with E-state index in [0.717, 1.165) is 0 Å². The van der Waals surface area contributed by atoms with Crippen molar-refractivity contribution >= 4 is 11.8 Å². The summed E-state index contributed by atoms with van der Waals surface area (Å²) in [5.74, 6) is -0.227. The standard InChI is InChI=1S/C14H25N3O4/c1-10(2)21-9-12(17-4-3-11(15)13(17)18)14(19)16-5-7-20-8-6-16/h10-12H,3-9,15H2,1-2H3/t11-,12-/m0/s1. The van der Waals surface area contributed by atoms with E-state index in [0.29, 0.717) is 39.3 Å². The van der Waals surface area contributed by atoms with E-state index in [1.807, 2.05) is 13.8 Å². The van der Waals surface area contributed by atoms with Crippen molar-refractivity contribution in [3.8, 4) is 0 Å². The van der Waals surface area contributed by atoms with Crippen LogP contribution in [0.3, 0.4) is 0 Å². The Morgan fingerprint density at radius 3 is 2.57 bits per heavy atom. The Labute approximate surface area is 125 Å². The van der Waals surface area contributed by atoms with Crippen LogP contribution >= 0.6 is 0 Å². The predicted molar refractivity (Wildman–Crippen MR) is 76.6 cm³/mol. The van der Waals surface area contributed by atoms with E-state index in [9.17, 15) is 9.59 Å². The zero-order chi connectivity index (χ0) is 15.4. The van der Waals surface area contributed by atoms with Crippen molar-refractivity contribution in [2.24, 2.45) is 5.73 Å². The van der Waals surface area contributed by atoms with Gasteiger partial charge in [0.25, 0.3) is 0 Å². The van der Waals surface area contributed by atoms with E-state index >= 15 is 0 Å². The van der Waals surface area contributed by atoms with Gasteiger partial charge in [0.2, 0.25) is 11.8 Å². The highest BCUT2D eigenvalue weighted by Crippen LogP contribution is 2.16. The van der Waals surface area contributed by atoms with Gasteiger partial charge in [-0.05, 0) is 20.3 Å². The summed E-state index contributed by atoms with van der Waals surface area (Å²) in [6.45, 7) is 6.75. The molecule has 2 rings (SSSR count). The average molecular weight is 299 g/mol. The Morgan fingerprint density at radius 1 is 1.38 bits per heavy atom. The molecule has 0 aromatic carbocycles. The van der Waals surface area contributed by atoms with Gasteiger partial charge >= 0.3 is 0 Å². The van der Waals surface area contributed by atoms with E-state index in [1.165, 1.54) is 0 Å². The lowest BCUT2D eigenvalue weighted by molar-refractivity contribution is -0.150. The summed E-state index contributed by atoms with van der Waals surface area (Å²) in [7, 11) is 0.